The number of ether oxygens (including phenoxy) is 2. The fourth-order valence-corrected chi connectivity index (χ4v) is 2.09. The number of aromatic nitrogens is 2. The van der Waals surface area contributed by atoms with Crippen LogP contribution >= 0.6 is 0 Å². The highest BCUT2D eigenvalue weighted by molar-refractivity contribution is 5.72. The van der Waals surface area contributed by atoms with E-state index in [9.17, 15) is 0 Å². The Morgan fingerprint density at radius 2 is 1.79 bits per heavy atom. The van der Waals surface area contributed by atoms with Gasteiger partial charge in [-0.3, -0.25) is 4.68 Å². The van der Waals surface area contributed by atoms with Gasteiger partial charge in [0.2, 0.25) is 0 Å². The molecule has 0 saturated heterocycles. The second-order valence-corrected chi connectivity index (χ2v) is 4.31. The Morgan fingerprint density at radius 3 is 2.32 bits per heavy atom. The van der Waals surface area contributed by atoms with Gasteiger partial charge in [0.25, 0.3) is 0 Å². The first kappa shape index (κ1) is 13.3. The minimum atomic E-state index is 0.809. The molecule has 5 nitrogen and oxygen atoms in total. The van der Waals surface area contributed by atoms with Crippen molar-refractivity contribution in [2.75, 3.05) is 26.6 Å². The third-order valence-electron chi connectivity index (χ3n) is 3.13. The molecule has 0 atom stereocenters. The van der Waals surface area contributed by atoms with Gasteiger partial charge >= 0.3 is 0 Å². The molecule has 5 heteroatoms. The summed E-state index contributed by atoms with van der Waals surface area (Å²) in [5.41, 5.74) is 2.97. The molecule has 1 aromatic heterocycles. The molecule has 0 spiro atoms. The number of nitrogens with one attached hydrogen (secondary N) is 1. The third-order valence-corrected chi connectivity index (χ3v) is 3.13. The van der Waals surface area contributed by atoms with E-state index in [4.69, 9.17) is 9.47 Å². The lowest BCUT2D eigenvalue weighted by molar-refractivity contribution is 0.401. The number of nitrogens with zero attached hydrogens (tertiary/aromatic N) is 2. The molecule has 0 unspecified atom stereocenters. The highest BCUT2D eigenvalue weighted by Crippen LogP contribution is 2.36. The van der Waals surface area contributed by atoms with Crippen molar-refractivity contribution in [2.24, 2.45) is 7.05 Å². The van der Waals surface area contributed by atoms with E-state index in [1.54, 1.807) is 14.2 Å². The molecule has 1 aromatic carbocycles. The van der Waals surface area contributed by atoms with E-state index in [1.165, 1.54) is 0 Å². The van der Waals surface area contributed by atoms with Gasteiger partial charge in [-0.1, -0.05) is 0 Å². The van der Waals surface area contributed by atoms with E-state index in [0.717, 1.165) is 34.1 Å². The number of aryl methyl sites for hydroxylation is 2. The molecule has 0 fully saturated rings. The number of hydrogen-bond acceptors (Lipinski definition) is 4. The summed E-state index contributed by atoms with van der Waals surface area (Å²) in [5.74, 6) is 2.46. The summed E-state index contributed by atoms with van der Waals surface area (Å²) in [6, 6.07) is 5.93. The van der Waals surface area contributed by atoms with Gasteiger partial charge in [-0.25, -0.2) is 0 Å². The molecule has 0 saturated carbocycles. The summed E-state index contributed by atoms with van der Waals surface area (Å²) in [4.78, 5) is 0. The molecule has 0 radical (unpaired) electrons. The van der Waals surface area contributed by atoms with Crippen molar-refractivity contribution in [3.05, 3.63) is 23.8 Å². The zero-order valence-electron chi connectivity index (χ0n) is 11.9. The van der Waals surface area contributed by atoms with Crippen molar-refractivity contribution in [1.29, 1.82) is 0 Å². The molecule has 2 aromatic rings. The zero-order valence-corrected chi connectivity index (χ0v) is 11.9. The van der Waals surface area contributed by atoms with Gasteiger partial charge in [-0.15, -0.1) is 0 Å². The Balaban J connectivity index is 2.62. The average molecular weight is 261 g/mol. The summed E-state index contributed by atoms with van der Waals surface area (Å²) in [7, 11) is 7.09. The van der Waals surface area contributed by atoms with Crippen LogP contribution in [-0.2, 0) is 7.05 Å². The van der Waals surface area contributed by atoms with Crippen LogP contribution in [0, 0.1) is 6.92 Å². The van der Waals surface area contributed by atoms with Gasteiger partial charge in [-0.05, 0) is 24.6 Å². The van der Waals surface area contributed by atoms with Crippen LogP contribution in [0.2, 0.25) is 0 Å². The smallest absolute Gasteiger partial charge is 0.148 e. The van der Waals surface area contributed by atoms with Crippen LogP contribution in [0.3, 0.4) is 0 Å². The molecule has 2 rings (SSSR count). The number of hydrogen-bond donors (Lipinski definition) is 1. The van der Waals surface area contributed by atoms with Crippen LogP contribution in [0.25, 0.3) is 11.3 Å². The van der Waals surface area contributed by atoms with E-state index >= 15 is 0 Å². The monoisotopic (exact) mass is 261 g/mol. The van der Waals surface area contributed by atoms with Gasteiger partial charge in [0.1, 0.15) is 17.3 Å². The van der Waals surface area contributed by atoms with Gasteiger partial charge in [-0.2, -0.15) is 5.10 Å². The number of anilines is 1. The first-order valence-electron chi connectivity index (χ1n) is 6.05. The van der Waals surface area contributed by atoms with E-state index in [2.05, 4.69) is 10.4 Å². The highest BCUT2D eigenvalue weighted by Gasteiger charge is 2.14. The van der Waals surface area contributed by atoms with Crippen molar-refractivity contribution in [2.45, 2.75) is 6.92 Å². The fraction of sp³-hybridized carbons (Fsp3) is 0.357. The van der Waals surface area contributed by atoms with Crippen molar-refractivity contribution in [3.8, 4) is 22.8 Å². The Hall–Kier alpha value is -2.17. The molecule has 0 aliphatic carbocycles. The van der Waals surface area contributed by atoms with Crippen LogP contribution in [-0.4, -0.2) is 31.0 Å². The molecule has 1 N–H and O–H groups in total. The standard InChI is InChI=1S/C14H19N3O2/c1-9-6-13(19-5)10(7-12(9)18-4)11-8-14(15-2)16-17(11)3/h6-8H,1-5H3,(H,15,16). The maximum absolute atomic E-state index is 5.46. The molecular formula is C14H19N3O2. The predicted octanol–water partition coefficient (Wildman–Crippen LogP) is 2.45. The van der Waals surface area contributed by atoms with Crippen molar-refractivity contribution >= 4 is 5.82 Å². The van der Waals surface area contributed by atoms with Crippen molar-refractivity contribution in [1.82, 2.24) is 9.78 Å². The largest absolute Gasteiger partial charge is 0.496 e. The third kappa shape index (κ3) is 2.36. The molecule has 0 amide bonds. The molecular weight excluding hydrogens is 242 g/mol. The Kier molecular flexibility index (Phi) is 3.64. The van der Waals surface area contributed by atoms with Crippen LogP contribution in [0.15, 0.2) is 18.2 Å². The molecule has 102 valence electrons. The lowest BCUT2D eigenvalue weighted by Gasteiger charge is -2.13. The number of rotatable bonds is 4. The van der Waals surface area contributed by atoms with Crippen molar-refractivity contribution < 1.29 is 9.47 Å². The average Bonchev–Trinajstić information content (AvgIpc) is 2.79. The topological polar surface area (TPSA) is 48.3 Å². The molecule has 0 aliphatic rings. The van der Waals surface area contributed by atoms with Gasteiger partial charge in [0, 0.05) is 25.7 Å². The quantitative estimate of drug-likeness (QED) is 0.918. The second kappa shape index (κ2) is 5.22. The minimum Gasteiger partial charge on any atom is -0.496 e. The summed E-state index contributed by atoms with van der Waals surface area (Å²) in [6.07, 6.45) is 0. The first-order chi connectivity index (χ1) is 9.10. The minimum absolute atomic E-state index is 0.809. The van der Waals surface area contributed by atoms with Crippen LogP contribution in [0.4, 0.5) is 5.82 Å². The Bertz CT molecular complexity index is 591. The van der Waals surface area contributed by atoms with Crippen LogP contribution in [0.1, 0.15) is 5.56 Å². The maximum atomic E-state index is 5.46. The van der Waals surface area contributed by atoms with Crippen LogP contribution in [0.5, 0.6) is 11.5 Å². The SMILES string of the molecule is CNc1cc(-c2cc(OC)c(C)cc2OC)n(C)n1. The van der Waals surface area contributed by atoms with E-state index in [-0.39, 0.29) is 0 Å². The normalized spacial score (nSPS) is 10.4. The number of methoxy groups -OCH3 is 2. The lowest BCUT2D eigenvalue weighted by atomic mass is 10.1. The number of benzene rings is 1. The van der Waals surface area contributed by atoms with Gasteiger partial charge in [0.15, 0.2) is 0 Å². The highest BCUT2D eigenvalue weighted by atomic mass is 16.5. The van der Waals surface area contributed by atoms with E-state index in [0.29, 0.717) is 0 Å². The zero-order chi connectivity index (χ0) is 14.0. The Morgan fingerprint density at radius 1 is 1.11 bits per heavy atom. The second-order valence-electron chi connectivity index (χ2n) is 4.31. The van der Waals surface area contributed by atoms with Crippen LogP contribution < -0.4 is 14.8 Å². The predicted molar refractivity (Wildman–Crippen MR) is 76.0 cm³/mol. The van der Waals surface area contributed by atoms with Gasteiger partial charge < -0.3 is 14.8 Å². The first-order valence-corrected chi connectivity index (χ1v) is 6.05. The van der Waals surface area contributed by atoms with Gasteiger partial charge in [0.05, 0.1) is 19.9 Å². The summed E-state index contributed by atoms with van der Waals surface area (Å²) in [6.45, 7) is 1.99. The van der Waals surface area contributed by atoms with Crippen molar-refractivity contribution in [3.63, 3.8) is 0 Å². The summed E-state index contributed by atoms with van der Waals surface area (Å²) in [5, 5.41) is 7.40. The molecule has 1 heterocycles. The molecule has 0 bridgehead atoms. The van der Waals surface area contributed by atoms with E-state index in [1.807, 2.05) is 43.9 Å². The Labute approximate surface area is 113 Å². The summed E-state index contributed by atoms with van der Waals surface area (Å²) < 4.78 is 12.7. The van der Waals surface area contributed by atoms with E-state index < -0.39 is 0 Å². The lowest BCUT2D eigenvalue weighted by Crippen LogP contribution is -1.98. The molecule has 0 aliphatic heterocycles. The molecule has 19 heavy (non-hydrogen) atoms. The fourth-order valence-electron chi connectivity index (χ4n) is 2.09. The maximum Gasteiger partial charge on any atom is 0.148 e. The summed E-state index contributed by atoms with van der Waals surface area (Å²) >= 11 is 0.